The van der Waals surface area contributed by atoms with E-state index in [0.29, 0.717) is 17.4 Å². The molecule has 0 fully saturated rings. The molecular weight excluding hydrogens is 358 g/mol. The summed E-state index contributed by atoms with van der Waals surface area (Å²) in [6.07, 6.45) is 0.986. The molecule has 0 aliphatic rings. The quantitative estimate of drug-likeness (QED) is 0.588. The molecule has 0 saturated carbocycles. The van der Waals surface area contributed by atoms with E-state index < -0.39 is 0 Å². The maximum atomic E-state index is 12.0. The second-order valence-corrected chi connectivity index (χ2v) is 7.60. The molecule has 148 valence electrons. The van der Waals surface area contributed by atoms with E-state index in [1.54, 1.807) is 11.8 Å². The van der Waals surface area contributed by atoms with E-state index in [0.717, 1.165) is 49.6 Å². The maximum absolute atomic E-state index is 12.0. The summed E-state index contributed by atoms with van der Waals surface area (Å²) in [5.74, 6) is 2.66. The molecule has 2 rings (SSSR count). The zero-order valence-electron chi connectivity index (χ0n) is 16.9. The number of nitrogens with zero attached hydrogens (tertiary/aromatic N) is 2. The largest absolute Gasteiger partial charge is 0.441 e. The molecule has 6 heteroatoms. The van der Waals surface area contributed by atoms with Crippen molar-refractivity contribution in [2.45, 2.75) is 39.9 Å². The summed E-state index contributed by atoms with van der Waals surface area (Å²) >= 11 is 1.57. The molecule has 0 aliphatic heterocycles. The van der Waals surface area contributed by atoms with Crippen LogP contribution in [-0.2, 0) is 10.5 Å². The summed E-state index contributed by atoms with van der Waals surface area (Å²) in [5, 5.41) is 2.99. The Bertz CT molecular complexity index is 709. The number of nitrogens with one attached hydrogen (secondary N) is 1. The number of amides is 1. The molecule has 0 saturated heterocycles. The van der Waals surface area contributed by atoms with Crippen molar-refractivity contribution in [1.82, 2.24) is 15.2 Å². The van der Waals surface area contributed by atoms with Crippen molar-refractivity contribution in [2.75, 3.05) is 31.9 Å². The molecule has 5 nitrogen and oxygen atoms in total. The minimum Gasteiger partial charge on any atom is -0.441 e. The van der Waals surface area contributed by atoms with Crippen molar-refractivity contribution in [1.29, 1.82) is 0 Å². The van der Waals surface area contributed by atoms with Crippen molar-refractivity contribution in [3.05, 3.63) is 41.3 Å². The highest BCUT2D eigenvalue weighted by atomic mass is 32.2. The van der Waals surface area contributed by atoms with Crippen LogP contribution in [0, 0.1) is 13.8 Å². The fourth-order valence-electron chi connectivity index (χ4n) is 2.74. The van der Waals surface area contributed by atoms with Crippen LogP contribution < -0.4 is 5.32 Å². The molecule has 1 N–H and O–H groups in total. The number of hydrogen-bond acceptors (Lipinski definition) is 5. The van der Waals surface area contributed by atoms with Gasteiger partial charge in [0, 0.05) is 17.9 Å². The minimum absolute atomic E-state index is 0.0828. The van der Waals surface area contributed by atoms with Gasteiger partial charge in [0.25, 0.3) is 0 Å². The summed E-state index contributed by atoms with van der Waals surface area (Å²) in [6, 6.07) is 8.13. The van der Waals surface area contributed by atoms with Crippen LogP contribution in [0.25, 0.3) is 11.5 Å². The van der Waals surface area contributed by atoms with E-state index in [2.05, 4.69) is 36.0 Å². The highest BCUT2D eigenvalue weighted by Gasteiger charge is 2.12. The van der Waals surface area contributed by atoms with Crippen molar-refractivity contribution in [3.8, 4) is 11.5 Å². The average molecular weight is 390 g/mol. The normalized spacial score (nSPS) is 11.1. The Morgan fingerprint density at radius 2 is 1.89 bits per heavy atom. The number of rotatable bonds is 11. The molecule has 2 aromatic rings. The van der Waals surface area contributed by atoms with Gasteiger partial charge in [0.1, 0.15) is 5.76 Å². The molecule has 0 bridgehead atoms. The third kappa shape index (κ3) is 7.03. The predicted molar refractivity (Wildman–Crippen MR) is 113 cm³/mol. The molecular formula is C21H31N3O2S. The van der Waals surface area contributed by atoms with Crippen LogP contribution >= 0.6 is 11.8 Å². The van der Waals surface area contributed by atoms with Gasteiger partial charge in [-0.25, -0.2) is 4.98 Å². The number of aromatic nitrogens is 1. The molecule has 27 heavy (non-hydrogen) atoms. The van der Waals surface area contributed by atoms with Gasteiger partial charge in [0.2, 0.25) is 11.8 Å². The fraction of sp³-hybridized carbons (Fsp3) is 0.524. The second-order valence-electron chi connectivity index (χ2n) is 6.61. The summed E-state index contributed by atoms with van der Waals surface area (Å²) < 4.78 is 5.79. The Morgan fingerprint density at radius 3 is 2.56 bits per heavy atom. The van der Waals surface area contributed by atoms with E-state index in [1.807, 2.05) is 31.2 Å². The Balaban J connectivity index is 1.72. The van der Waals surface area contributed by atoms with Gasteiger partial charge in [0.05, 0.1) is 11.4 Å². The van der Waals surface area contributed by atoms with E-state index >= 15 is 0 Å². The van der Waals surface area contributed by atoms with E-state index in [1.165, 1.54) is 5.56 Å². The van der Waals surface area contributed by atoms with E-state index in [4.69, 9.17) is 4.42 Å². The standard InChI is InChI=1S/C21H31N3O2S/c1-5-24(6-2)13-7-12-22-20(25)15-27-14-19-17(4)26-21(23-19)18-10-8-16(3)9-11-18/h8-11H,5-7,12-15H2,1-4H3,(H,22,25). The van der Waals surface area contributed by atoms with Gasteiger partial charge in [-0.1, -0.05) is 31.5 Å². The summed E-state index contributed by atoms with van der Waals surface area (Å²) in [4.78, 5) is 18.9. The van der Waals surface area contributed by atoms with Crippen LogP contribution in [-0.4, -0.2) is 47.7 Å². The first-order chi connectivity index (χ1) is 13.0. The lowest BCUT2D eigenvalue weighted by molar-refractivity contribution is -0.118. The average Bonchev–Trinajstić information content (AvgIpc) is 3.03. The highest BCUT2D eigenvalue weighted by molar-refractivity contribution is 7.99. The van der Waals surface area contributed by atoms with Gasteiger partial charge in [-0.15, -0.1) is 11.8 Å². The number of oxazole rings is 1. The number of carbonyl (C=O) groups is 1. The van der Waals surface area contributed by atoms with Crippen molar-refractivity contribution < 1.29 is 9.21 Å². The smallest absolute Gasteiger partial charge is 0.230 e. The SMILES string of the molecule is CCN(CC)CCCNC(=O)CSCc1nc(-c2ccc(C)cc2)oc1C. The van der Waals surface area contributed by atoms with Crippen molar-refractivity contribution in [3.63, 3.8) is 0 Å². The molecule has 1 amide bonds. The zero-order valence-corrected chi connectivity index (χ0v) is 17.7. The molecule has 0 spiro atoms. The Kier molecular flexibility index (Phi) is 8.88. The minimum atomic E-state index is 0.0828. The molecule has 1 heterocycles. The Labute approximate surface area is 166 Å². The zero-order chi connectivity index (χ0) is 19.6. The molecule has 0 aliphatic carbocycles. The predicted octanol–water partition coefficient (Wildman–Crippen LogP) is 4.04. The maximum Gasteiger partial charge on any atom is 0.230 e. The molecule has 0 radical (unpaired) electrons. The van der Waals surface area contributed by atoms with E-state index in [9.17, 15) is 4.79 Å². The summed E-state index contributed by atoms with van der Waals surface area (Å²) in [6.45, 7) is 12.2. The van der Waals surface area contributed by atoms with Crippen molar-refractivity contribution >= 4 is 17.7 Å². The third-order valence-corrected chi connectivity index (χ3v) is 5.47. The highest BCUT2D eigenvalue weighted by Crippen LogP contribution is 2.24. The van der Waals surface area contributed by atoms with Crippen LogP contribution in [0.15, 0.2) is 28.7 Å². The molecule has 1 aromatic heterocycles. The molecule has 1 aromatic carbocycles. The third-order valence-electron chi connectivity index (χ3n) is 4.53. The first-order valence-corrected chi connectivity index (χ1v) is 10.8. The van der Waals surface area contributed by atoms with Crippen molar-refractivity contribution in [2.24, 2.45) is 0 Å². The molecule has 0 atom stereocenters. The van der Waals surface area contributed by atoms with Gasteiger partial charge in [-0.3, -0.25) is 4.79 Å². The molecule has 0 unspecified atom stereocenters. The Hall–Kier alpha value is -1.79. The van der Waals surface area contributed by atoms with Gasteiger partial charge < -0.3 is 14.6 Å². The van der Waals surface area contributed by atoms with E-state index in [-0.39, 0.29) is 5.91 Å². The summed E-state index contributed by atoms with van der Waals surface area (Å²) in [7, 11) is 0. The summed E-state index contributed by atoms with van der Waals surface area (Å²) in [5.41, 5.74) is 3.09. The topological polar surface area (TPSA) is 58.4 Å². The lowest BCUT2D eigenvalue weighted by Gasteiger charge is -2.17. The van der Waals surface area contributed by atoms with Gasteiger partial charge >= 0.3 is 0 Å². The monoisotopic (exact) mass is 389 g/mol. The number of thioether (sulfide) groups is 1. The first kappa shape index (κ1) is 21.5. The first-order valence-electron chi connectivity index (χ1n) is 9.63. The number of aryl methyl sites for hydroxylation is 2. The number of hydrogen-bond donors (Lipinski definition) is 1. The van der Waals surface area contributed by atoms with Gasteiger partial charge in [0.15, 0.2) is 0 Å². The number of benzene rings is 1. The van der Waals surface area contributed by atoms with Gasteiger partial charge in [-0.2, -0.15) is 0 Å². The van der Waals surface area contributed by atoms with Crippen LogP contribution in [0.4, 0.5) is 0 Å². The van der Waals surface area contributed by atoms with Crippen LogP contribution in [0.2, 0.25) is 0 Å². The lowest BCUT2D eigenvalue weighted by atomic mass is 10.1. The number of carbonyl (C=O) groups excluding carboxylic acids is 1. The second kappa shape index (κ2) is 11.1. The fourth-order valence-corrected chi connectivity index (χ4v) is 3.59. The van der Waals surface area contributed by atoms with Crippen LogP contribution in [0.1, 0.15) is 37.3 Å². The van der Waals surface area contributed by atoms with Gasteiger partial charge in [-0.05, 0) is 52.0 Å². The Morgan fingerprint density at radius 1 is 1.19 bits per heavy atom. The van der Waals surface area contributed by atoms with Crippen LogP contribution in [0.5, 0.6) is 0 Å². The lowest BCUT2D eigenvalue weighted by Crippen LogP contribution is -2.30. The van der Waals surface area contributed by atoms with Crippen LogP contribution in [0.3, 0.4) is 0 Å².